The Hall–Kier alpha value is -0.910. The zero-order valence-corrected chi connectivity index (χ0v) is 12.5. The van der Waals surface area contributed by atoms with Gasteiger partial charge in [0.1, 0.15) is 19.8 Å². The van der Waals surface area contributed by atoms with Crippen LogP contribution in [-0.4, -0.2) is 39.0 Å². The minimum absolute atomic E-state index is 0.195. The van der Waals surface area contributed by atoms with E-state index in [4.69, 9.17) is 19.2 Å². The highest BCUT2D eigenvalue weighted by molar-refractivity contribution is 5.75. The van der Waals surface area contributed by atoms with Crippen LogP contribution in [0.1, 0.15) is 34.1 Å². The van der Waals surface area contributed by atoms with Gasteiger partial charge in [-0.05, 0) is 27.2 Å². The zero-order valence-electron chi connectivity index (χ0n) is 12.5. The number of carbonyl (C=O) groups is 1. The fourth-order valence-corrected chi connectivity index (χ4v) is 0.929. The summed E-state index contributed by atoms with van der Waals surface area (Å²) in [5.74, 6) is -0.195. The van der Waals surface area contributed by atoms with Crippen molar-refractivity contribution >= 4 is 5.97 Å². The molecule has 0 bridgehead atoms. The Morgan fingerprint density at radius 2 is 1.74 bits per heavy atom. The maximum absolute atomic E-state index is 11.6. The second kappa shape index (κ2) is 9.95. The van der Waals surface area contributed by atoms with Crippen molar-refractivity contribution in [3.8, 4) is 0 Å². The molecule has 0 radical (unpaired) electrons. The van der Waals surface area contributed by atoms with Crippen LogP contribution < -0.4 is 0 Å². The normalized spacial score (nSPS) is 11.4. The van der Waals surface area contributed by atoms with Gasteiger partial charge in [-0.25, -0.2) is 9.78 Å². The van der Waals surface area contributed by atoms with Crippen LogP contribution in [-0.2, 0) is 24.0 Å². The van der Waals surface area contributed by atoms with Gasteiger partial charge in [-0.1, -0.05) is 19.1 Å². The summed E-state index contributed by atoms with van der Waals surface area (Å²) in [6, 6.07) is 0. The van der Waals surface area contributed by atoms with E-state index in [1.807, 2.05) is 27.7 Å². The first-order valence-electron chi connectivity index (χ1n) is 6.54. The topological polar surface area (TPSA) is 54.0 Å². The number of hydrogen-bond acceptors (Lipinski definition) is 5. The molecule has 0 atom stereocenters. The first kappa shape index (κ1) is 18.1. The molecule has 0 aliphatic heterocycles. The molecule has 0 rings (SSSR count). The van der Waals surface area contributed by atoms with Crippen LogP contribution in [0.2, 0.25) is 0 Å². The third kappa shape index (κ3) is 9.64. The third-order valence-electron chi connectivity index (χ3n) is 2.60. The van der Waals surface area contributed by atoms with Gasteiger partial charge in [0.25, 0.3) is 0 Å². The van der Waals surface area contributed by atoms with Gasteiger partial charge in [-0.15, -0.1) is 0 Å². The Morgan fingerprint density at radius 3 is 2.32 bits per heavy atom. The Bertz CT molecular complexity index is 273. The van der Waals surface area contributed by atoms with Gasteiger partial charge in [-0.2, -0.15) is 0 Å². The molecule has 0 heterocycles. The SMILES string of the molecule is C=C(C)COOCCOCCOC(=O)C(C)(C)CC. The van der Waals surface area contributed by atoms with E-state index in [1.165, 1.54) is 0 Å². The molecule has 0 unspecified atom stereocenters. The molecule has 0 amide bonds. The first-order valence-corrected chi connectivity index (χ1v) is 6.54. The van der Waals surface area contributed by atoms with Crippen molar-refractivity contribution in [1.82, 2.24) is 0 Å². The Labute approximate surface area is 115 Å². The Morgan fingerprint density at radius 1 is 1.11 bits per heavy atom. The molecule has 0 aromatic heterocycles. The van der Waals surface area contributed by atoms with Crippen LogP contribution >= 0.6 is 0 Å². The van der Waals surface area contributed by atoms with Gasteiger partial charge in [0, 0.05) is 0 Å². The van der Waals surface area contributed by atoms with E-state index in [0.29, 0.717) is 26.4 Å². The predicted octanol–water partition coefficient (Wildman–Crippen LogP) is 2.51. The molecule has 5 nitrogen and oxygen atoms in total. The third-order valence-corrected chi connectivity index (χ3v) is 2.60. The largest absolute Gasteiger partial charge is 0.463 e. The molecule has 0 spiro atoms. The maximum atomic E-state index is 11.6. The van der Waals surface area contributed by atoms with E-state index in [-0.39, 0.29) is 12.6 Å². The zero-order chi connectivity index (χ0) is 14.7. The van der Waals surface area contributed by atoms with E-state index >= 15 is 0 Å². The molecular formula is C14H26O5. The lowest BCUT2D eigenvalue weighted by molar-refractivity contribution is -0.292. The average molecular weight is 274 g/mol. The van der Waals surface area contributed by atoms with Crippen molar-refractivity contribution in [2.24, 2.45) is 5.41 Å². The van der Waals surface area contributed by atoms with Crippen molar-refractivity contribution in [2.45, 2.75) is 34.1 Å². The number of esters is 1. The molecule has 0 saturated carbocycles. The van der Waals surface area contributed by atoms with Gasteiger partial charge in [0.2, 0.25) is 0 Å². The summed E-state index contributed by atoms with van der Waals surface area (Å²) in [5.41, 5.74) is 0.464. The lowest BCUT2D eigenvalue weighted by Gasteiger charge is -2.20. The van der Waals surface area contributed by atoms with Crippen LogP contribution in [0.3, 0.4) is 0 Å². The van der Waals surface area contributed by atoms with Gasteiger partial charge < -0.3 is 9.47 Å². The standard InChI is InChI=1S/C14H26O5/c1-6-14(4,5)13(15)17-9-7-16-8-10-18-19-11-12(2)3/h2,6-11H2,1,3-5H3. The van der Waals surface area contributed by atoms with E-state index in [9.17, 15) is 4.79 Å². The lowest BCUT2D eigenvalue weighted by Crippen LogP contribution is -2.27. The summed E-state index contributed by atoms with van der Waals surface area (Å²) >= 11 is 0. The van der Waals surface area contributed by atoms with Crippen molar-refractivity contribution in [2.75, 3.05) is 33.0 Å². The molecule has 0 aliphatic carbocycles. The number of ether oxygens (including phenoxy) is 2. The highest BCUT2D eigenvalue weighted by Crippen LogP contribution is 2.21. The van der Waals surface area contributed by atoms with Crippen LogP contribution in [0, 0.1) is 5.41 Å². The summed E-state index contributed by atoms with van der Waals surface area (Å²) in [6.07, 6.45) is 0.751. The van der Waals surface area contributed by atoms with Crippen LogP contribution in [0.15, 0.2) is 12.2 Å². The van der Waals surface area contributed by atoms with Crippen LogP contribution in [0.5, 0.6) is 0 Å². The lowest BCUT2D eigenvalue weighted by atomic mass is 9.91. The van der Waals surface area contributed by atoms with E-state index < -0.39 is 5.41 Å². The Balaban J connectivity index is 3.37. The van der Waals surface area contributed by atoms with Gasteiger partial charge >= 0.3 is 5.97 Å². The predicted molar refractivity (Wildman–Crippen MR) is 72.6 cm³/mol. The van der Waals surface area contributed by atoms with E-state index in [1.54, 1.807) is 0 Å². The second-order valence-corrected chi connectivity index (χ2v) is 5.03. The second-order valence-electron chi connectivity index (χ2n) is 5.03. The summed E-state index contributed by atoms with van der Waals surface area (Å²) < 4.78 is 10.3. The number of rotatable bonds is 11. The fourth-order valence-electron chi connectivity index (χ4n) is 0.929. The van der Waals surface area contributed by atoms with Crippen molar-refractivity contribution in [3.63, 3.8) is 0 Å². The van der Waals surface area contributed by atoms with Gasteiger partial charge in [0.05, 0.1) is 18.6 Å². The molecule has 0 aromatic carbocycles. The van der Waals surface area contributed by atoms with E-state index in [2.05, 4.69) is 6.58 Å². The number of carbonyl (C=O) groups excluding carboxylic acids is 1. The minimum atomic E-state index is -0.431. The molecule has 0 N–H and O–H groups in total. The minimum Gasteiger partial charge on any atom is -0.463 e. The van der Waals surface area contributed by atoms with Gasteiger partial charge in [-0.3, -0.25) is 4.79 Å². The molecule has 19 heavy (non-hydrogen) atoms. The molecule has 0 aliphatic rings. The van der Waals surface area contributed by atoms with Crippen molar-refractivity contribution in [3.05, 3.63) is 12.2 Å². The summed E-state index contributed by atoms with van der Waals surface area (Å²) in [4.78, 5) is 21.3. The Kier molecular flexibility index (Phi) is 9.47. The maximum Gasteiger partial charge on any atom is 0.311 e. The highest BCUT2D eigenvalue weighted by Gasteiger charge is 2.26. The molecule has 0 saturated heterocycles. The molecule has 0 fully saturated rings. The highest BCUT2D eigenvalue weighted by atomic mass is 17.2. The van der Waals surface area contributed by atoms with Crippen molar-refractivity contribution in [1.29, 1.82) is 0 Å². The fraction of sp³-hybridized carbons (Fsp3) is 0.786. The average Bonchev–Trinajstić information content (AvgIpc) is 2.36. The summed E-state index contributed by atoms with van der Waals surface area (Å²) in [7, 11) is 0. The quantitative estimate of drug-likeness (QED) is 0.190. The van der Waals surface area contributed by atoms with E-state index in [0.717, 1.165) is 12.0 Å². The summed E-state index contributed by atoms with van der Waals surface area (Å²) in [6.45, 7) is 12.9. The number of hydrogen-bond donors (Lipinski definition) is 0. The van der Waals surface area contributed by atoms with Crippen LogP contribution in [0.4, 0.5) is 0 Å². The van der Waals surface area contributed by atoms with Gasteiger partial charge in [0.15, 0.2) is 0 Å². The molecule has 0 aromatic rings. The smallest absolute Gasteiger partial charge is 0.311 e. The molecule has 5 heteroatoms. The monoisotopic (exact) mass is 274 g/mol. The molecular weight excluding hydrogens is 248 g/mol. The first-order chi connectivity index (χ1) is 8.90. The summed E-state index contributed by atoms with van der Waals surface area (Å²) in [5, 5.41) is 0. The molecule has 112 valence electrons. The van der Waals surface area contributed by atoms with Crippen LogP contribution in [0.25, 0.3) is 0 Å². The van der Waals surface area contributed by atoms with Crippen molar-refractivity contribution < 1.29 is 24.0 Å².